The Balaban J connectivity index is 1.30. The minimum Gasteiger partial charge on any atom is -0.309 e. The molecule has 0 saturated heterocycles. The van der Waals surface area contributed by atoms with Crippen molar-refractivity contribution in [2.75, 3.05) is 0 Å². The van der Waals surface area contributed by atoms with Crippen LogP contribution in [0, 0.1) is 0 Å². The van der Waals surface area contributed by atoms with E-state index in [1.165, 1.54) is 33.0 Å². The summed E-state index contributed by atoms with van der Waals surface area (Å²) < 4.78 is 2.41. The van der Waals surface area contributed by atoms with Gasteiger partial charge in [-0.05, 0) is 29.8 Å². The fourth-order valence-electron chi connectivity index (χ4n) is 7.07. The highest BCUT2D eigenvalue weighted by Gasteiger charge is 2.39. The normalized spacial score (nSPS) is 13.2. The van der Waals surface area contributed by atoms with Crippen LogP contribution in [0.1, 0.15) is 25.1 Å². The number of nitrogens with zero attached hydrogens (tertiary/aromatic N) is 5. The molecule has 0 bridgehead atoms. The number of hydrogen-bond acceptors (Lipinski definition) is 4. The topological polar surface area (TPSA) is 56.5 Å². The Morgan fingerprint density at radius 1 is 0.543 bits per heavy atom. The van der Waals surface area contributed by atoms with Crippen LogP contribution in [0.2, 0.25) is 0 Å². The molecular formula is C41H29N5. The van der Waals surface area contributed by atoms with Crippen molar-refractivity contribution in [3.63, 3.8) is 0 Å². The molecule has 5 nitrogen and oxygen atoms in total. The largest absolute Gasteiger partial charge is 0.309 e. The molecule has 0 radical (unpaired) electrons. The molecule has 8 aromatic rings. The Hall–Kier alpha value is -5.94. The Labute approximate surface area is 266 Å². The predicted molar refractivity (Wildman–Crippen MR) is 186 cm³/mol. The number of aromatic nitrogens is 5. The van der Waals surface area contributed by atoms with E-state index in [9.17, 15) is 0 Å². The highest BCUT2D eigenvalue weighted by Crippen LogP contribution is 2.52. The van der Waals surface area contributed by atoms with Crippen LogP contribution in [0.5, 0.6) is 0 Å². The monoisotopic (exact) mass is 591 g/mol. The van der Waals surface area contributed by atoms with Gasteiger partial charge in [0, 0.05) is 55.9 Å². The number of para-hydroxylation sites is 1. The van der Waals surface area contributed by atoms with E-state index in [2.05, 4.69) is 85.1 Å². The zero-order chi connectivity index (χ0) is 30.8. The first-order valence-electron chi connectivity index (χ1n) is 15.6. The van der Waals surface area contributed by atoms with Crippen LogP contribution in [0.3, 0.4) is 0 Å². The summed E-state index contributed by atoms with van der Waals surface area (Å²) in [6.45, 7) is 4.55. The van der Waals surface area contributed by atoms with Crippen molar-refractivity contribution in [3.05, 3.63) is 151 Å². The molecule has 3 aromatic heterocycles. The second-order valence-corrected chi connectivity index (χ2v) is 12.4. The zero-order valence-corrected chi connectivity index (χ0v) is 25.5. The molecule has 5 heteroatoms. The molecule has 1 aliphatic carbocycles. The predicted octanol–water partition coefficient (Wildman–Crippen LogP) is 9.67. The summed E-state index contributed by atoms with van der Waals surface area (Å²) in [5.41, 5.74) is 10.9. The maximum absolute atomic E-state index is 5.01. The van der Waals surface area contributed by atoms with Gasteiger partial charge in [-0.15, -0.1) is 0 Å². The minimum atomic E-state index is -0.199. The van der Waals surface area contributed by atoms with Gasteiger partial charge in [0.1, 0.15) is 0 Å². The summed E-state index contributed by atoms with van der Waals surface area (Å²) in [4.78, 5) is 19.8. The quantitative estimate of drug-likeness (QED) is 0.204. The van der Waals surface area contributed by atoms with Crippen molar-refractivity contribution in [2.24, 2.45) is 0 Å². The third kappa shape index (κ3) is 3.95. The van der Waals surface area contributed by atoms with E-state index in [1.54, 1.807) is 0 Å². The van der Waals surface area contributed by atoms with Gasteiger partial charge in [0.25, 0.3) is 0 Å². The van der Waals surface area contributed by atoms with Crippen molar-refractivity contribution in [1.82, 2.24) is 24.5 Å². The van der Waals surface area contributed by atoms with Crippen LogP contribution >= 0.6 is 0 Å². The maximum Gasteiger partial charge on any atom is 0.164 e. The van der Waals surface area contributed by atoms with Gasteiger partial charge in [-0.3, -0.25) is 4.98 Å². The van der Waals surface area contributed by atoms with Crippen LogP contribution in [0.25, 0.3) is 72.8 Å². The molecule has 0 fully saturated rings. The number of benzene rings is 5. The van der Waals surface area contributed by atoms with Gasteiger partial charge in [0.05, 0.1) is 16.7 Å². The number of fused-ring (bicyclic) bond motifs is 7. The van der Waals surface area contributed by atoms with Gasteiger partial charge in [-0.2, -0.15) is 0 Å². The molecule has 46 heavy (non-hydrogen) atoms. The van der Waals surface area contributed by atoms with Gasteiger partial charge in [0.2, 0.25) is 0 Å². The molecule has 0 atom stereocenters. The average Bonchev–Trinajstić information content (AvgIpc) is 3.58. The summed E-state index contributed by atoms with van der Waals surface area (Å²) in [6, 6.07) is 46.3. The lowest BCUT2D eigenvalue weighted by atomic mass is 9.85. The van der Waals surface area contributed by atoms with Gasteiger partial charge in [-0.25, -0.2) is 15.0 Å². The van der Waals surface area contributed by atoms with Crippen LogP contribution in [-0.4, -0.2) is 24.5 Å². The highest BCUT2D eigenvalue weighted by molar-refractivity contribution is 6.15. The fraction of sp³-hybridized carbons (Fsp3) is 0.0732. The molecule has 9 rings (SSSR count). The molecule has 0 aliphatic heterocycles. The Kier molecular flexibility index (Phi) is 5.78. The summed E-state index contributed by atoms with van der Waals surface area (Å²) in [6.07, 6.45) is 1.91. The van der Waals surface area contributed by atoms with E-state index in [0.717, 1.165) is 33.6 Å². The smallest absolute Gasteiger partial charge is 0.164 e. The Morgan fingerprint density at radius 3 is 1.89 bits per heavy atom. The first-order chi connectivity index (χ1) is 22.6. The zero-order valence-electron chi connectivity index (χ0n) is 25.5. The first kappa shape index (κ1) is 26.5. The number of pyridine rings is 1. The van der Waals surface area contributed by atoms with Crippen LogP contribution in [0.15, 0.2) is 140 Å². The SMILES string of the molecule is CC1(C)c2ccc3c4ccccc4n(-c4cccc(-c5nc(-c6ccccc6)nc(-c6ccccc6)n5)c4)c3c2-c2cccnc21. The standard InChI is InChI=1S/C41H29N5/c1-41(2)33-23-22-31-30-19-9-10-21-34(30)46(36(31)35(33)32-20-12-24-42-37(32)41)29-18-11-17-28(25-29)40-44-38(26-13-5-3-6-14-26)43-39(45-40)27-15-7-4-8-16-27/h3-25H,1-2H3. The molecule has 0 saturated carbocycles. The molecule has 5 aromatic carbocycles. The fourth-order valence-corrected chi connectivity index (χ4v) is 7.07. The summed E-state index contributed by atoms with van der Waals surface area (Å²) >= 11 is 0. The lowest BCUT2D eigenvalue weighted by Gasteiger charge is -2.20. The molecule has 1 aliphatic rings. The highest BCUT2D eigenvalue weighted by atomic mass is 15.0. The third-order valence-electron chi connectivity index (χ3n) is 9.24. The van der Waals surface area contributed by atoms with Gasteiger partial charge >= 0.3 is 0 Å². The van der Waals surface area contributed by atoms with Crippen LogP contribution in [0.4, 0.5) is 0 Å². The van der Waals surface area contributed by atoms with E-state index in [4.69, 9.17) is 19.9 Å². The molecule has 0 N–H and O–H groups in total. The average molecular weight is 592 g/mol. The lowest BCUT2D eigenvalue weighted by Crippen LogP contribution is -2.16. The minimum absolute atomic E-state index is 0.199. The van der Waals surface area contributed by atoms with E-state index in [0.29, 0.717) is 17.5 Å². The van der Waals surface area contributed by atoms with Crippen molar-refractivity contribution >= 4 is 21.8 Å². The Bertz CT molecular complexity index is 2380. The van der Waals surface area contributed by atoms with Crippen LogP contribution < -0.4 is 0 Å². The van der Waals surface area contributed by atoms with Crippen molar-refractivity contribution in [1.29, 1.82) is 0 Å². The lowest BCUT2D eigenvalue weighted by molar-refractivity contribution is 0.637. The van der Waals surface area contributed by atoms with Gasteiger partial charge in [0.15, 0.2) is 17.5 Å². The van der Waals surface area contributed by atoms with Gasteiger partial charge in [-0.1, -0.05) is 123 Å². The third-order valence-corrected chi connectivity index (χ3v) is 9.24. The van der Waals surface area contributed by atoms with E-state index < -0.39 is 0 Å². The molecular weight excluding hydrogens is 562 g/mol. The molecule has 0 spiro atoms. The van der Waals surface area contributed by atoms with Crippen molar-refractivity contribution < 1.29 is 0 Å². The van der Waals surface area contributed by atoms with Crippen molar-refractivity contribution in [2.45, 2.75) is 19.3 Å². The Morgan fingerprint density at radius 2 is 1.17 bits per heavy atom. The maximum atomic E-state index is 5.01. The second-order valence-electron chi connectivity index (χ2n) is 12.4. The second kappa shape index (κ2) is 10.0. The molecule has 0 amide bonds. The van der Waals surface area contributed by atoms with Gasteiger partial charge < -0.3 is 4.57 Å². The van der Waals surface area contributed by atoms with E-state index in [-0.39, 0.29) is 5.41 Å². The van der Waals surface area contributed by atoms with E-state index >= 15 is 0 Å². The molecule has 0 unspecified atom stereocenters. The molecule has 3 heterocycles. The summed E-state index contributed by atoms with van der Waals surface area (Å²) in [5, 5.41) is 2.45. The summed E-state index contributed by atoms with van der Waals surface area (Å²) in [5.74, 6) is 1.93. The molecule has 218 valence electrons. The number of hydrogen-bond donors (Lipinski definition) is 0. The summed E-state index contributed by atoms with van der Waals surface area (Å²) in [7, 11) is 0. The van der Waals surface area contributed by atoms with Crippen LogP contribution in [-0.2, 0) is 5.41 Å². The van der Waals surface area contributed by atoms with E-state index in [1.807, 2.05) is 72.9 Å². The van der Waals surface area contributed by atoms with Crippen molar-refractivity contribution in [3.8, 4) is 51.0 Å². The number of rotatable bonds is 4. The first-order valence-corrected chi connectivity index (χ1v) is 15.6.